The zero-order chi connectivity index (χ0) is 24.5. The minimum absolute atomic E-state index is 0.0215. The summed E-state index contributed by atoms with van der Waals surface area (Å²) in [5, 5.41) is 14.0. The Kier molecular flexibility index (Phi) is 5.98. The molecule has 2 aliphatic heterocycles. The lowest BCUT2D eigenvalue weighted by Crippen LogP contribution is -2.49. The lowest BCUT2D eigenvalue weighted by molar-refractivity contribution is 0.0746. The van der Waals surface area contributed by atoms with Gasteiger partial charge in [0.05, 0.1) is 5.39 Å². The number of likely N-dealkylation sites (N-methyl/N-ethyl adjacent to an activating group) is 1. The van der Waals surface area contributed by atoms with E-state index in [0.29, 0.717) is 24.4 Å². The molecule has 0 unspecified atom stereocenters. The van der Waals surface area contributed by atoms with Gasteiger partial charge in [-0.3, -0.25) is 4.79 Å². The zero-order valence-corrected chi connectivity index (χ0v) is 20.4. The summed E-state index contributed by atoms with van der Waals surface area (Å²) in [4.78, 5) is 22.0. The van der Waals surface area contributed by atoms with Crippen LogP contribution in [0, 0.1) is 0 Å². The van der Waals surface area contributed by atoms with E-state index in [1.165, 1.54) is 0 Å². The molecular weight excluding hydrogens is 454 g/mol. The predicted molar refractivity (Wildman–Crippen MR) is 139 cm³/mol. The highest BCUT2D eigenvalue weighted by atomic mass is 16.5. The average molecular weight is 484 g/mol. The average Bonchev–Trinajstić information content (AvgIpc) is 3.37. The Morgan fingerprint density at radius 2 is 1.42 bits per heavy atom. The molecule has 2 aromatic heterocycles. The summed E-state index contributed by atoms with van der Waals surface area (Å²) in [6.07, 6.45) is 0. The lowest BCUT2D eigenvalue weighted by atomic mass is 10.1. The Balaban J connectivity index is 1.11. The molecule has 2 saturated heterocycles. The van der Waals surface area contributed by atoms with Crippen molar-refractivity contribution in [2.45, 2.75) is 0 Å². The second-order valence-electron chi connectivity index (χ2n) is 9.43. The number of benzene rings is 2. The maximum Gasteiger partial charge on any atom is 0.254 e. The van der Waals surface area contributed by atoms with Crippen molar-refractivity contribution in [3.63, 3.8) is 0 Å². The van der Waals surface area contributed by atoms with Crippen LogP contribution in [0.4, 0.5) is 11.6 Å². The van der Waals surface area contributed by atoms with Crippen molar-refractivity contribution in [3.8, 4) is 11.3 Å². The van der Waals surface area contributed by atoms with Gasteiger partial charge in [0.2, 0.25) is 0 Å². The van der Waals surface area contributed by atoms with E-state index < -0.39 is 0 Å². The van der Waals surface area contributed by atoms with Crippen LogP contribution in [-0.4, -0.2) is 90.5 Å². The van der Waals surface area contributed by atoms with Crippen LogP contribution in [0.25, 0.3) is 22.2 Å². The maximum absolute atomic E-state index is 13.3. The molecule has 4 heterocycles. The van der Waals surface area contributed by atoms with E-state index >= 15 is 0 Å². The Bertz CT molecular complexity index is 1340. The molecule has 9 nitrogen and oxygen atoms in total. The van der Waals surface area contributed by atoms with Crippen molar-refractivity contribution in [1.29, 1.82) is 0 Å². The van der Waals surface area contributed by atoms with E-state index in [1.807, 2.05) is 59.5 Å². The fourth-order valence-corrected chi connectivity index (χ4v) is 4.88. The van der Waals surface area contributed by atoms with Crippen LogP contribution >= 0.6 is 0 Å². The highest BCUT2D eigenvalue weighted by molar-refractivity contribution is 6.01. The topological polar surface area (TPSA) is 81.8 Å². The molecule has 6 rings (SSSR count). The first-order chi connectivity index (χ1) is 17.7. The summed E-state index contributed by atoms with van der Waals surface area (Å²) in [6, 6.07) is 19.5. The highest BCUT2D eigenvalue weighted by Crippen LogP contribution is 2.29. The molecule has 2 aromatic carbocycles. The fraction of sp³-hybridized carbons (Fsp3) is 0.333. The molecule has 0 bridgehead atoms. The molecule has 0 aliphatic carbocycles. The van der Waals surface area contributed by atoms with Crippen molar-refractivity contribution in [3.05, 3.63) is 66.2 Å². The number of aromatic nitrogens is 3. The molecule has 0 radical (unpaired) electrons. The monoisotopic (exact) mass is 483 g/mol. The molecule has 0 N–H and O–H groups in total. The van der Waals surface area contributed by atoms with Gasteiger partial charge >= 0.3 is 0 Å². The van der Waals surface area contributed by atoms with Gasteiger partial charge in [-0.2, -0.15) is 0 Å². The first kappa shape index (κ1) is 22.5. The molecule has 2 aliphatic rings. The summed E-state index contributed by atoms with van der Waals surface area (Å²) < 4.78 is 5.60. The number of fused-ring (bicyclic) bond motifs is 1. The van der Waals surface area contributed by atoms with Crippen molar-refractivity contribution < 1.29 is 9.32 Å². The first-order valence-electron chi connectivity index (χ1n) is 12.4. The molecule has 2 fully saturated rings. The largest absolute Gasteiger partial charge is 0.355 e. The number of carbonyl (C=O) groups is 1. The number of amides is 1. The molecule has 184 valence electrons. The minimum atomic E-state index is 0.0215. The second-order valence-corrected chi connectivity index (χ2v) is 9.43. The van der Waals surface area contributed by atoms with E-state index in [2.05, 4.69) is 43.2 Å². The van der Waals surface area contributed by atoms with Crippen LogP contribution in [0.2, 0.25) is 0 Å². The molecule has 0 atom stereocenters. The molecule has 9 heteroatoms. The highest BCUT2D eigenvalue weighted by Gasteiger charge is 2.24. The third-order valence-corrected chi connectivity index (χ3v) is 7.11. The third kappa shape index (κ3) is 4.37. The molecular formula is C27H29N7O2. The number of hydrogen-bond acceptors (Lipinski definition) is 8. The lowest BCUT2D eigenvalue weighted by Gasteiger charge is -2.36. The van der Waals surface area contributed by atoms with Crippen LogP contribution in [0.15, 0.2) is 65.2 Å². The van der Waals surface area contributed by atoms with Crippen LogP contribution in [-0.2, 0) is 0 Å². The number of hydrogen-bond donors (Lipinski definition) is 0. The number of nitrogens with zero attached hydrogens (tertiary/aromatic N) is 7. The Labute approximate surface area is 209 Å². The summed E-state index contributed by atoms with van der Waals surface area (Å²) in [5.74, 6) is 2.50. The van der Waals surface area contributed by atoms with Gasteiger partial charge in [-0.1, -0.05) is 35.5 Å². The number of carbonyl (C=O) groups excluding carboxylic acids is 1. The van der Waals surface area contributed by atoms with Crippen molar-refractivity contribution in [1.82, 2.24) is 25.2 Å². The fourth-order valence-electron chi connectivity index (χ4n) is 4.88. The van der Waals surface area contributed by atoms with E-state index in [1.54, 1.807) is 0 Å². The SMILES string of the molecule is CN1CCN(c2ccc(N3CCN(C(=O)c4ccc5noc(-c6ccccc6)c5c4)CC3)nn2)CC1. The number of rotatable bonds is 4. The van der Waals surface area contributed by atoms with Gasteiger partial charge in [-0.05, 0) is 37.4 Å². The second kappa shape index (κ2) is 9.58. The maximum atomic E-state index is 13.3. The van der Waals surface area contributed by atoms with E-state index in [-0.39, 0.29) is 5.91 Å². The Hall–Kier alpha value is -3.98. The Morgan fingerprint density at radius 3 is 2.06 bits per heavy atom. The third-order valence-electron chi connectivity index (χ3n) is 7.11. The van der Waals surface area contributed by atoms with Crippen LogP contribution in [0.3, 0.4) is 0 Å². The first-order valence-corrected chi connectivity index (χ1v) is 12.4. The number of piperazine rings is 2. The smallest absolute Gasteiger partial charge is 0.254 e. The quantitative estimate of drug-likeness (QED) is 0.438. The molecule has 0 saturated carbocycles. The van der Waals surface area contributed by atoms with Gasteiger partial charge in [0.25, 0.3) is 5.91 Å². The van der Waals surface area contributed by atoms with Gasteiger partial charge in [-0.15, -0.1) is 10.2 Å². The normalized spacial score (nSPS) is 17.1. The Morgan fingerprint density at radius 1 is 0.778 bits per heavy atom. The van der Waals surface area contributed by atoms with Crippen molar-refractivity contribution >= 4 is 28.4 Å². The van der Waals surface area contributed by atoms with E-state index in [4.69, 9.17) is 4.52 Å². The van der Waals surface area contributed by atoms with Crippen LogP contribution in [0.5, 0.6) is 0 Å². The van der Waals surface area contributed by atoms with Gasteiger partial charge in [0, 0.05) is 63.5 Å². The minimum Gasteiger partial charge on any atom is -0.355 e. The number of anilines is 2. The molecule has 36 heavy (non-hydrogen) atoms. The zero-order valence-electron chi connectivity index (χ0n) is 20.4. The summed E-state index contributed by atoms with van der Waals surface area (Å²) in [6.45, 7) is 6.73. The van der Waals surface area contributed by atoms with Gasteiger partial charge in [-0.25, -0.2) is 0 Å². The van der Waals surface area contributed by atoms with Gasteiger partial charge < -0.3 is 24.1 Å². The molecule has 0 spiro atoms. The molecule has 4 aromatic rings. The van der Waals surface area contributed by atoms with E-state index in [0.717, 1.165) is 67.4 Å². The predicted octanol–water partition coefficient (Wildman–Crippen LogP) is 3.00. The summed E-state index contributed by atoms with van der Waals surface area (Å²) in [7, 11) is 2.14. The summed E-state index contributed by atoms with van der Waals surface area (Å²) >= 11 is 0. The molecule has 1 amide bonds. The van der Waals surface area contributed by atoms with Gasteiger partial charge in [0.15, 0.2) is 17.4 Å². The van der Waals surface area contributed by atoms with Crippen molar-refractivity contribution in [2.24, 2.45) is 0 Å². The van der Waals surface area contributed by atoms with Crippen molar-refractivity contribution in [2.75, 3.05) is 69.2 Å². The van der Waals surface area contributed by atoms with Crippen LogP contribution < -0.4 is 9.80 Å². The van der Waals surface area contributed by atoms with Gasteiger partial charge in [0.1, 0.15) is 5.52 Å². The van der Waals surface area contributed by atoms with Crippen LogP contribution in [0.1, 0.15) is 10.4 Å². The standard InChI is InChI=1S/C27H29N7O2/c1-31-11-13-32(14-12-31)24-9-10-25(29-28-24)33-15-17-34(18-16-33)27(35)21-7-8-23-22(19-21)26(36-30-23)20-5-3-2-4-6-20/h2-10,19H,11-18H2,1H3. The summed E-state index contributed by atoms with van der Waals surface area (Å²) in [5.41, 5.74) is 2.33. The van der Waals surface area contributed by atoms with E-state index in [9.17, 15) is 4.79 Å².